The second-order valence-electron chi connectivity index (χ2n) is 11.4. The molecule has 0 saturated heterocycles. The Morgan fingerprint density at radius 2 is 1.40 bits per heavy atom. The van der Waals surface area contributed by atoms with Gasteiger partial charge in [-0.15, -0.1) is 0 Å². The summed E-state index contributed by atoms with van der Waals surface area (Å²) in [6.07, 6.45) is -0.0116. The van der Waals surface area contributed by atoms with E-state index >= 15 is 0 Å². The van der Waals surface area contributed by atoms with E-state index in [1.807, 2.05) is 6.07 Å². The van der Waals surface area contributed by atoms with E-state index in [0.717, 1.165) is 5.56 Å². The number of alkyl carbamates (subject to hydrolysis) is 1. The van der Waals surface area contributed by atoms with Crippen molar-refractivity contribution < 1.29 is 28.3 Å². The standard InChI is InChI=1S/C33H44N10O7/c1-19-16-27(44)50-26-17-22(12-13-23(19)26)41-29(46)24(10-6-14-38-31(34)35)43-30(47)25(11-7-15-39-32(36)37)42-28(45)20(2)40-33(48)49-18-21-8-4-3-5-9-21/h3-5,8-9,12-13,16-17,20,24-25H,6-7,10-11,14-15,18H2,1-2H3,(H,40,48)(H,41,46)(H,42,45)(H,43,47)(H4,34,35,38)(H4,36,37,39). The van der Waals surface area contributed by atoms with Gasteiger partial charge >= 0.3 is 11.7 Å². The van der Waals surface area contributed by atoms with Gasteiger partial charge in [0, 0.05) is 36.3 Å². The minimum Gasteiger partial charge on any atom is -0.445 e. The lowest BCUT2D eigenvalue weighted by atomic mass is 10.1. The number of carbonyl (C=O) groups is 4. The highest BCUT2D eigenvalue weighted by atomic mass is 16.5. The Hall–Kier alpha value is -6.13. The van der Waals surface area contributed by atoms with Gasteiger partial charge in [-0.05, 0) is 62.8 Å². The molecule has 0 aliphatic carbocycles. The van der Waals surface area contributed by atoms with Crippen molar-refractivity contribution in [2.75, 3.05) is 18.4 Å². The lowest BCUT2D eigenvalue weighted by Gasteiger charge is -2.24. The SMILES string of the molecule is Cc1cc(=O)oc2cc(NC(=O)C(CCCN=C(N)N)NC(=O)C(CCCN=C(N)N)NC(=O)C(C)NC(=O)OCc3ccccc3)ccc12. The first kappa shape index (κ1) is 38.3. The predicted octanol–water partition coefficient (Wildman–Crippen LogP) is 0.432. The number of nitrogens with two attached hydrogens (primary N) is 4. The third-order valence-corrected chi connectivity index (χ3v) is 7.32. The third-order valence-electron chi connectivity index (χ3n) is 7.32. The molecule has 3 atom stereocenters. The zero-order chi connectivity index (χ0) is 36.6. The predicted molar refractivity (Wildman–Crippen MR) is 189 cm³/mol. The van der Waals surface area contributed by atoms with Crippen LogP contribution in [0.4, 0.5) is 10.5 Å². The first-order valence-electron chi connectivity index (χ1n) is 15.9. The lowest BCUT2D eigenvalue weighted by Crippen LogP contribution is -2.55. The molecular formula is C33H44N10O7. The summed E-state index contributed by atoms with van der Waals surface area (Å²) in [6.45, 7) is 3.55. The van der Waals surface area contributed by atoms with E-state index in [9.17, 15) is 24.0 Å². The van der Waals surface area contributed by atoms with E-state index in [2.05, 4.69) is 31.3 Å². The Labute approximate surface area is 288 Å². The molecule has 0 fully saturated rings. The van der Waals surface area contributed by atoms with Gasteiger partial charge in [-0.25, -0.2) is 9.59 Å². The summed E-state index contributed by atoms with van der Waals surface area (Å²) in [6, 6.07) is 11.9. The fourth-order valence-corrected chi connectivity index (χ4v) is 4.75. The largest absolute Gasteiger partial charge is 0.445 e. The van der Waals surface area contributed by atoms with Crippen LogP contribution in [0.3, 0.4) is 0 Å². The number of rotatable bonds is 17. The van der Waals surface area contributed by atoms with Gasteiger partial charge in [0.05, 0.1) is 0 Å². The summed E-state index contributed by atoms with van der Waals surface area (Å²) in [5.41, 5.74) is 23.2. The maximum absolute atomic E-state index is 13.6. The van der Waals surface area contributed by atoms with Gasteiger partial charge in [0.1, 0.15) is 30.3 Å². The van der Waals surface area contributed by atoms with Gasteiger partial charge in [-0.2, -0.15) is 0 Å². The third kappa shape index (κ3) is 12.8. The number of amides is 4. The molecular weight excluding hydrogens is 648 g/mol. The fourth-order valence-electron chi connectivity index (χ4n) is 4.75. The smallest absolute Gasteiger partial charge is 0.408 e. The van der Waals surface area contributed by atoms with Gasteiger partial charge in [0.15, 0.2) is 11.9 Å². The molecule has 0 radical (unpaired) electrons. The molecule has 0 bridgehead atoms. The first-order chi connectivity index (χ1) is 23.8. The molecule has 1 heterocycles. The highest BCUT2D eigenvalue weighted by molar-refractivity contribution is 6.00. The van der Waals surface area contributed by atoms with Crippen LogP contribution in [-0.2, 0) is 25.7 Å². The van der Waals surface area contributed by atoms with Crippen LogP contribution < -0.4 is 49.8 Å². The normalized spacial score (nSPS) is 12.4. The maximum atomic E-state index is 13.6. The van der Waals surface area contributed by atoms with Crippen molar-refractivity contribution in [1.82, 2.24) is 16.0 Å². The number of aliphatic imine (C=N–C) groups is 2. The monoisotopic (exact) mass is 692 g/mol. The number of fused-ring (bicyclic) bond motifs is 1. The van der Waals surface area contributed by atoms with Crippen molar-refractivity contribution in [2.24, 2.45) is 32.9 Å². The quantitative estimate of drug-likeness (QED) is 0.0415. The lowest BCUT2D eigenvalue weighted by molar-refractivity contribution is -0.131. The second kappa shape index (κ2) is 19.0. The molecule has 3 rings (SSSR count). The molecule has 2 aromatic carbocycles. The summed E-state index contributed by atoms with van der Waals surface area (Å²) in [7, 11) is 0. The first-order valence-corrected chi connectivity index (χ1v) is 15.9. The highest BCUT2D eigenvalue weighted by Gasteiger charge is 2.28. The van der Waals surface area contributed by atoms with Crippen LogP contribution in [-0.4, -0.2) is 66.9 Å². The fraction of sp³-hybridized carbons (Fsp3) is 0.364. The molecule has 3 unspecified atom stereocenters. The van der Waals surface area contributed by atoms with Gasteiger partial charge in [0.25, 0.3) is 0 Å². The molecule has 0 spiro atoms. The van der Waals surface area contributed by atoms with Crippen molar-refractivity contribution in [2.45, 2.75) is 64.3 Å². The number of aryl methyl sites for hydroxylation is 1. The molecule has 17 heteroatoms. The highest BCUT2D eigenvalue weighted by Crippen LogP contribution is 2.21. The Balaban J connectivity index is 1.73. The van der Waals surface area contributed by atoms with E-state index in [0.29, 0.717) is 29.5 Å². The summed E-state index contributed by atoms with van der Waals surface area (Å²) in [5.74, 6) is -2.20. The number of carbonyl (C=O) groups excluding carboxylic acids is 4. The van der Waals surface area contributed by atoms with E-state index < -0.39 is 47.6 Å². The van der Waals surface area contributed by atoms with Gasteiger partial charge in [0.2, 0.25) is 17.7 Å². The average molecular weight is 693 g/mol. The van der Waals surface area contributed by atoms with Crippen LogP contribution in [0.2, 0.25) is 0 Å². The van der Waals surface area contributed by atoms with Crippen molar-refractivity contribution in [3.8, 4) is 0 Å². The molecule has 0 aliphatic rings. The van der Waals surface area contributed by atoms with Crippen LogP contribution in [0, 0.1) is 6.92 Å². The second-order valence-corrected chi connectivity index (χ2v) is 11.4. The summed E-state index contributed by atoms with van der Waals surface area (Å²) < 4.78 is 10.5. The van der Waals surface area contributed by atoms with Gasteiger partial charge in [-0.1, -0.05) is 30.3 Å². The number of hydrogen-bond acceptors (Lipinski definition) is 9. The van der Waals surface area contributed by atoms with E-state index in [-0.39, 0.29) is 50.0 Å². The zero-order valence-electron chi connectivity index (χ0n) is 27.9. The van der Waals surface area contributed by atoms with Crippen LogP contribution in [0.25, 0.3) is 11.0 Å². The number of ether oxygens (including phenoxy) is 1. The van der Waals surface area contributed by atoms with Crippen LogP contribution in [0.15, 0.2) is 73.8 Å². The van der Waals surface area contributed by atoms with E-state index in [1.165, 1.54) is 19.1 Å². The van der Waals surface area contributed by atoms with Crippen molar-refractivity contribution in [3.05, 3.63) is 76.1 Å². The minimum absolute atomic E-state index is 0.00321. The number of benzene rings is 2. The van der Waals surface area contributed by atoms with Crippen LogP contribution >= 0.6 is 0 Å². The molecule has 0 saturated carbocycles. The van der Waals surface area contributed by atoms with E-state index in [4.69, 9.17) is 32.1 Å². The summed E-state index contributed by atoms with van der Waals surface area (Å²) in [5, 5.41) is 11.2. The molecule has 3 aromatic rings. The molecule has 50 heavy (non-hydrogen) atoms. The average Bonchev–Trinajstić information content (AvgIpc) is 3.06. The van der Waals surface area contributed by atoms with Gasteiger partial charge in [-0.3, -0.25) is 24.4 Å². The topological polar surface area (TPSA) is 285 Å². The van der Waals surface area contributed by atoms with Crippen LogP contribution in [0.1, 0.15) is 43.7 Å². The molecule has 1 aromatic heterocycles. The molecule has 0 aliphatic heterocycles. The Morgan fingerprint density at radius 1 is 0.800 bits per heavy atom. The number of nitrogens with zero attached hydrogens (tertiary/aromatic N) is 2. The van der Waals surface area contributed by atoms with E-state index in [1.54, 1.807) is 43.3 Å². The minimum atomic E-state index is -1.15. The Kier molecular flexibility index (Phi) is 14.6. The summed E-state index contributed by atoms with van der Waals surface area (Å²) >= 11 is 0. The van der Waals surface area contributed by atoms with Crippen molar-refractivity contribution in [1.29, 1.82) is 0 Å². The number of anilines is 1. The van der Waals surface area contributed by atoms with Gasteiger partial charge < -0.3 is 53.4 Å². The molecule has 4 amide bonds. The Bertz CT molecular complexity index is 1750. The van der Waals surface area contributed by atoms with Crippen molar-refractivity contribution >= 4 is 52.4 Å². The summed E-state index contributed by atoms with van der Waals surface area (Å²) in [4.78, 5) is 72.4. The molecule has 17 nitrogen and oxygen atoms in total. The number of guanidine groups is 2. The molecule has 268 valence electrons. The van der Waals surface area contributed by atoms with Crippen molar-refractivity contribution in [3.63, 3.8) is 0 Å². The Morgan fingerprint density at radius 3 is 2.02 bits per heavy atom. The van der Waals surface area contributed by atoms with Crippen LogP contribution in [0.5, 0.6) is 0 Å². The maximum Gasteiger partial charge on any atom is 0.408 e. The zero-order valence-corrected chi connectivity index (χ0v) is 27.9. The number of nitrogens with one attached hydrogen (secondary N) is 4. The molecule has 12 N–H and O–H groups in total. The number of hydrogen-bond donors (Lipinski definition) is 8.